The van der Waals surface area contributed by atoms with Gasteiger partial charge in [0.2, 0.25) is 0 Å². The van der Waals surface area contributed by atoms with Gasteiger partial charge < -0.3 is 10.1 Å². The van der Waals surface area contributed by atoms with Gasteiger partial charge in [-0.3, -0.25) is 0 Å². The molecule has 2 aromatic rings. The van der Waals surface area contributed by atoms with Crippen LogP contribution in [0.1, 0.15) is 37.8 Å². The van der Waals surface area contributed by atoms with Gasteiger partial charge in [-0.2, -0.15) is 0 Å². The Hall–Kier alpha value is -1.87. The molecule has 2 nitrogen and oxygen atoms in total. The number of nitrogens with one attached hydrogen (secondary N) is 1. The van der Waals surface area contributed by atoms with Crippen LogP contribution in [-0.4, -0.2) is 6.54 Å². The highest BCUT2D eigenvalue weighted by Gasteiger charge is 2.10. The number of benzene rings is 2. The monoisotopic (exact) mass is 287 g/mol. The van der Waals surface area contributed by atoms with Crippen molar-refractivity contribution in [2.75, 3.05) is 6.54 Å². The minimum Gasteiger partial charge on any atom is -0.457 e. The van der Waals surface area contributed by atoms with Crippen LogP contribution < -0.4 is 10.1 Å². The van der Waals surface area contributed by atoms with Gasteiger partial charge in [-0.05, 0) is 42.3 Å². The molecule has 0 radical (unpaired) electrons. The van der Waals surface area contributed by atoms with Crippen LogP contribution in [0.25, 0.3) is 0 Å². The summed E-state index contributed by atoms with van der Waals surface area (Å²) in [7, 11) is 0. The summed E-state index contributed by atoms with van der Waals surface area (Å²) in [6.45, 7) is 7.52. The van der Waals surface area contributed by atoms with Crippen molar-refractivity contribution in [3.8, 4) is 11.5 Å². The maximum atomic E-state index is 14.0. The van der Waals surface area contributed by atoms with Gasteiger partial charge in [0.1, 0.15) is 17.3 Å². The third-order valence-electron chi connectivity index (χ3n) is 3.38. The van der Waals surface area contributed by atoms with Gasteiger partial charge in [0.05, 0.1) is 0 Å². The van der Waals surface area contributed by atoms with Gasteiger partial charge in [-0.1, -0.05) is 39.0 Å². The lowest BCUT2D eigenvalue weighted by Crippen LogP contribution is -2.13. The van der Waals surface area contributed by atoms with E-state index in [-0.39, 0.29) is 5.82 Å². The molecule has 0 aliphatic heterocycles. The Balaban J connectivity index is 2.26. The third-order valence-corrected chi connectivity index (χ3v) is 3.38. The first-order chi connectivity index (χ1) is 10.1. The first kappa shape index (κ1) is 15.5. The minimum atomic E-state index is -0.242. The van der Waals surface area contributed by atoms with Crippen LogP contribution in [0.15, 0.2) is 42.5 Å². The van der Waals surface area contributed by atoms with E-state index in [1.54, 1.807) is 12.1 Å². The lowest BCUT2D eigenvalue weighted by Gasteiger charge is -2.14. The number of hydrogen-bond donors (Lipinski definition) is 1. The van der Waals surface area contributed by atoms with E-state index in [0.29, 0.717) is 23.8 Å². The molecule has 0 saturated carbocycles. The van der Waals surface area contributed by atoms with E-state index in [1.807, 2.05) is 25.1 Å². The molecular weight excluding hydrogens is 265 g/mol. The molecule has 0 saturated heterocycles. The fourth-order valence-corrected chi connectivity index (χ4v) is 2.12. The summed E-state index contributed by atoms with van der Waals surface area (Å²) in [4.78, 5) is 0. The van der Waals surface area contributed by atoms with Crippen LogP contribution >= 0.6 is 0 Å². The first-order valence-corrected chi connectivity index (χ1v) is 7.37. The van der Waals surface area contributed by atoms with Crippen molar-refractivity contribution in [2.24, 2.45) is 0 Å². The number of rotatable bonds is 6. The lowest BCUT2D eigenvalue weighted by atomic mass is 10.0. The summed E-state index contributed by atoms with van der Waals surface area (Å²) < 4.78 is 19.9. The van der Waals surface area contributed by atoms with E-state index in [1.165, 1.54) is 11.6 Å². The highest BCUT2D eigenvalue weighted by atomic mass is 19.1. The Morgan fingerprint density at radius 2 is 1.90 bits per heavy atom. The van der Waals surface area contributed by atoms with Crippen molar-refractivity contribution in [1.29, 1.82) is 0 Å². The summed E-state index contributed by atoms with van der Waals surface area (Å²) in [5.41, 5.74) is 1.77. The van der Waals surface area contributed by atoms with E-state index >= 15 is 0 Å². The summed E-state index contributed by atoms with van der Waals surface area (Å²) in [5.74, 6) is 1.50. The zero-order valence-corrected chi connectivity index (χ0v) is 12.8. The molecule has 2 aromatic carbocycles. The zero-order chi connectivity index (χ0) is 15.2. The second kappa shape index (κ2) is 7.23. The van der Waals surface area contributed by atoms with Gasteiger partial charge >= 0.3 is 0 Å². The van der Waals surface area contributed by atoms with Crippen LogP contribution in [0, 0.1) is 5.82 Å². The first-order valence-electron chi connectivity index (χ1n) is 7.37. The fourth-order valence-electron chi connectivity index (χ4n) is 2.12. The van der Waals surface area contributed by atoms with E-state index in [9.17, 15) is 4.39 Å². The van der Waals surface area contributed by atoms with Gasteiger partial charge in [0, 0.05) is 12.1 Å². The van der Waals surface area contributed by atoms with E-state index in [0.717, 1.165) is 12.3 Å². The maximum absolute atomic E-state index is 14.0. The van der Waals surface area contributed by atoms with Crippen molar-refractivity contribution in [1.82, 2.24) is 5.32 Å². The normalized spacial score (nSPS) is 10.9. The Morgan fingerprint density at radius 3 is 2.62 bits per heavy atom. The predicted octanol–water partition coefficient (Wildman–Crippen LogP) is 4.85. The second-order valence-electron chi connectivity index (χ2n) is 5.33. The highest BCUT2D eigenvalue weighted by molar-refractivity contribution is 5.40. The molecule has 0 aliphatic rings. The standard InChI is InChI=1S/C18H22FNO/c1-4-20-12-16-17(19)9-6-10-18(16)21-15-8-5-7-14(11-15)13(2)3/h5-11,13,20H,4,12H2,1-3H3. The quantitative estimate of drug-likeness (QED) is 0.820. The molecule has 2 rings (SSSR count). The van der Waals surface area contributed by atoms with E-state index in [2.05, 4.69) is 25.2 Å². The molecule has 21 heavy (non-hydrogen) atoms. The van der Waals surface area contributed by atoms with Crippen molar-refractivity contribution >= 4 is 0 Å². The third kappa shape index (κ3) is 4.05. The van der Waals surface area contributed by atoms with Crippen molar-refractivity contribution in [3.63, 3.8) is 0 Å². The fraction of sp³-hybridized carbons (Fsp3) is 0.333. The van der Waals surface area contributed by atoms with Gasteiger partial charge in [0.25, 0.3) is 0 Å². The summed E-state index contributed by atoms with van der Waals surface area (Å²) >= 11 is 0. The molecule has 0 aliphatic carbocycles. The maximum Gasteiger partial charge on any atom is 0.134 e. The molecule has 0 heterocycles. The largest absolute Gasteiger partial charge is 0.457 e. The average Bonchev–Trinajstić information content (AvgIpc) is 2.47. The second-order valence-corrected chi connectivity index (χ2v) is 5.33. The van der Waals surface area contributed by atoms with Crippen molar-refractivity contribution in [2.45, 2.75) is 33.2 Å². The summed E-state index contributed by atoms with van der Waals surface area (Å²) in [6, 6.07) is 12.9. The molecule has 0 unspecified atom stereocenters. The molecule has 0 amide bonds. The predicted molar refractivity (Wildman–Crippen MR) is 84.4 cm³/mol. The van der Waals surface area contributed by atoms with E-state index < -0.39 is 0 Å². The topological polar surface area (TPSA) is 21.3 Å². The number of hydrogen-bond acceptors (Lipinski definition) is 2. The molecule has 1 N–H and O–H groups in total. The molecule has 0 aromatic heterocycles. The summed E-state index contributed by atoms with van der Waals surface area (Å²) in [6.07, 6.45) is 0. The number of halogens is 1. The molecular formula is C18H22FNO. The van der Waals surface area contributed by atoms with Crippen LogP contribution in [0.5, 0.6) is 11.5 Å². The van der Waals surface area contributed by atoms with E-state index in [4.69, 9.17) is 4.74 Å². The van der Waals surface area contributed by atoms with Gasteiger partial charge in [-0.25, -0.2) is 4.39 Å². The molecule has 0 spiro atoms. The van der Waals surface area contributed by atoms with Gasteiger partial charge in [-0.15, -0.1) is 0 Å². The molecule has 112 valence electrons. The van der Waals surface area contributed by atoms with Crippen LogP contribution in [0.4, 0.5) is 4.39 Å². The van der Waals surface area contributed by atoms with Crippen LogP contribution in [0.3, 0.4) is 0 Å². The Morgan fingerprint density at radius 1 is 1.14 bits per heavy atom. The SMILES string of the molecule is CCNCc1c(F)cccc1Oc1cccc(C(C)C)c1. The van der Waals surface area contributed by atoms with Crippen molar-refractivity contribution < 1.29 is 9.13 Å². The zero-order valence-electron chi connectivity index (χ0n) is 12.8. The van der Waals surface area contributed by atoms with Gasteiger partial charge in [0.15, 0.2) is 0 Å². The smallest absolute Gasteiger partial charge is 0.134 e. The molecule has 3 heteroatoms. The van der Waals surface area contributed by atoms with Crippen LogP contribution in [-0.2, 0) is 6.54 Å². The number of ether oxygens (including phenoxy) is 1. The highest BCUT2D eigenvalue weighted by Crippen LogP contribution is 2.29. The Kier molecular flexibility index (Phi) is 5.34. The molecule has 0 fully saturated rings. The average molecular weight is 287 g/mol. The molecule has 0 atom stereocenters. The Bertz CT molecular complexity index is 596. The van der Waals surface area contributed by atoms with Crippen LogP contribution in [0.2, 0.25) is 0 Å². The minimum absolute atomic E-state index is 0.242. The lowest BCUT2D eigenvalue weighted by molar-refractivity contribution is 0.462. The van der Waals surface area contributed by atoms with Crippen molar-refractivity contribution in [3.05, 3.63) is 59.4 Å². The summed E-state index contributed by atoms with van der Waals surface area (Å²) in [5, 5.41) is 3.14. The Labute approximate surface area is 126 Å². The molecule has 0 bridgehead atoms.